The first-order chi connectivity index (χ1) is 8.82. The van der Waals surface area contributed by atoms with Crippen molar-refractivity contribution in [1.29, 1.82) is 0 Å². The highest BCUT2D eigenvalue weighted by molar-refractivity contribution is 6.03. The highest BCUT2D eigenvalue weighted by Gasteiger charge is 2.31. The van der Waals surface area contributed by atoms with Gasteiger partial charge in [0.15, 0.2) is 0 Å². The van der Waals surface area contributed by atoms with Gasteiger partial charge in [-0.25, -0.2) is 9.21 Å². The van der Waals surface area contributed by atoms with Crippen LogP contribution < -0.4 is 0 Å². The number of phenolic OH excluding ortho intramolecular Hbond substituents is 1. The fourth-order valence-corrected chi connectivity index (χ4v) is 1.82. The lowest BCUT2D eigenvalue weighted by Crippen LogP contribution is -2.13. The molecule has 0 aliphatic heterocycles. The number of phenols is 1. The summed E-state index contributed by atoms with van der Waals surface area (Å²) in [5, 5.41) is 10.2. The molecule has 2 rings (SSSR count). The van der Waals surface area contributed by atoms with Crippen LogP contribution in [0.1, 0.15) is 36.9 Å². The number of fused-ring (bicyclic) bond motifs is 1. The van der Waals surface area contributed by atoms with Crippen LogP contribution in [0.2, 0.25) is 0 Å². The molecule has 0 spiro atoms. The summed E-state index contributed by atoms with van der Waals surface area (Å²) in [6.45, 7) is 5.96. The molecule has 0 aliphatic carbocycles. The van der Waals surface area contributed by atoms with E-state index in [1.54, 1.807) is 12.1 Å². The van der Waals surface area contributed by atoms with E-state index in [0.29, 0.717) is 22.3 Å². The Hall–Kier alpha value is -2.10. The van der Waals surface area contributed by atoms with Crippen molar-refractivity contribution >= 4 is 16.9 Å². The summed E-state index contributed by atoms with van der Waals surface area (Å²) in [5.74, 6) is 0.334. The zero-order chi connectivity index (χ0) is 14.2. The molecule has 4 heteroatoms. The molecule has 0 unspecified atom stereocenters. The Kier molecular flexibility index (Phi) is 3.18. The summed E-state index contributed by atoms with van der Waals surface area (Å²) in [6, 6.07) is 6.36. The molecule has 0 amide bonds. The first kappa shape index (κ1) is 13.3. The number of rotatable bonds is 1. The predicted molar refractivity (Wildman–Crippen MR) is 72.3 cm³/mol. The highest BCUT2D eigenvalue weighted by Crippen LogP contribution is 2.31. The Morgan fingerprint density at radius 3 is 2.53 bits per heavy atom. The molecule has 0 saturated heterocycles. The van der Waals surface area contributed by atoms with Gasteiger partial charge in [-0.15, -0.1) is 0 Å². The van der Waals surface area contributed by atoms with E-state index >= 15 is 0 Å². The van der Waals surface area contributed by atoms with Gasteiger partial charge in [-0.3, -0.25) is 0 Å². The quantitative estimate of drug-likeness (QED) is 0.630. The number of esters is 1. The number of carbonyl (C=O) groups excluding carboxylic acids is 1. The molecule has 1 aromatic carbocycles. The summed E-state index contributed by atoms with van der Waals surface area (Å²) in [4.78, 5) is 11.9. The Morgan fingerprint density at radius 1 is 1.26 bits per heavy atom. The van der Waals surface area contributed by atoms with E-state index in [2.05, 4.69) is 0 Å². The van der Waals surface area contributed by atoms with Crippen molar-refractivity contribution in [2.24, 2.45) is 0 Å². The van der Waals surface area contributed by atoms with Crippen molar-refractivity contribution in [1.82, 2.24) is 0 Å². The number of carbonyl (C=O) groups is 1. The highest BCUT2D eigenvalue weighted by atomic mass is 16.5. The molecule has 0 atom stereocenters. The van der Waals surface area contributed by atoms with Gasteiger partial charge in [0.25, 0.3) is 0 Å². The molecule has 0 bridgehead atoms. The number of aromatic hydroxyl groups is 1. The summed E-state index contributed by atoms with van der Waals surface area (Å²) < 4.78 is 10.6. The SMILES string of the molecule is COC(=O)c1cc(C(C)(C)C)[o+]c2cc(O)ccc12. The molecule has 0 radical (unpaired) electrons. The Balaban J connectivity index is 2.80. The maximum Gasteiger partial charge on any atom is 0.364 e. The molecule has 1 N–H and O–H groups in total. The number of ether oxygens (including phenoxy) is 1. The van der Waals surface area contributed by atoms with Gasteiger partial charge in [0.1, 0.15) is 5.75 Å². The lowest BCUT2D eigenvalue weighted by atomic mass is 9.91. The molecule has 0 aliphatic rings. The second-order valence-electron chi connectivity index (χ2n) is 5.45. The second kappa shape index (κ2) is 4.53. The molecule has 0 fully saturated rings. The minimum Gasteiger partial charge on any atom is -0.508 e. The second-order valence-corrected chi connectivity index (χ2v) is 5.45. The molecule has 1 heterocycles. The van der Waals surface area contributed by atoms with Gasteiger partial charge in [0.05, 0.1) is 35.6 Å². The fourth-order valence-electron chi connectivity index (χ4n) is 1.82. The van der Waals surface area contributed by atoms with E-state index in [9.17, 15) is 9.90 Å². The summed E-state index contributed by atoms with van der Waals surface area (Å²) in [7, 11) is 1.34. The van der Waals surface area contributed by atoms with E-state index in [1.807, 2.05) is 20.8 Å². The smallest absolute Gasteiger partial charge is 0.364 e. The van der Waals surface area contributed by atoms with Crippen LogP contribution in [-0.2, 0) is 10.2 Å². The van der Waals surface area contributed by atoms with Gasteiger partial charge in [-0.1, -0.05) is 0 Å². The third-order valence-electron chi connectivity index (χ3n) is 2.90. The number of benzene rings is 1. The van der Waals surface area contributed by atoms with Crippen molar-refractivity contribution in [3.05, 3.63) is 35.6 Å². The third kappa shape index (κ3) is 2.52. The van der Waals surface area contributed by atoms with E-state index in [0.717, 1.165) is 0 Å². The van der Waals surface area contributed by atoms with Gasteiger partial charge in [-0.05, 0) is 32.9 Å². The molecule has 4 nitrogen and oxygen atoms in total. The van der Waals surface area contributed by atoms with Gasteiger partial charge in [0.2, 0.25) is 0 Å². The number of hydrogen-bond donors (Lipinski definition) is 1. The molecular weight excluding hydrogens is 244 g/mol. The van der Waals surface area contributed by atoms with Gasteiger partial charge in [-0.2, -0.15) is 0 Å². The summed E-state index contributed by atoms with van der Waals surface area (Å²) in [5.41, 5.74) is 0.657. The number of methoxy groups -OCH3 is 1. The minimum atomic E-state index is -0.419. The maximum atomic E-state index is 11.9. The lowest BCUT2D eigenvalue weighted by molar-refractivity contribution is 0.0602. The topological polar surface area (TPSA) is 57.8 Å². The first-order valence-corrected chi connectivity index (χ1v) is 6.01. The zero-order valence-electron chi connectivity index (χ0n) is 11.5. The fraction of sp³-hybridized carbons (Fsp3) is 0.333. The number of hydrogen-bond acceptors (Lipinski definition) is 3. The van der Waals surface area contributed by atoms with Crippen LogP contribution in [0.25, 0.3) is 11.0 Å². The van der Waals surface area contributed by atoms with Crippen molar-refractivity contribution in [2.45, 2.75) is 26.2 Å². The van der Waals surface area contributed by atoms with Gasteiger partial charge in [0, 0.05) is 0 Å². The van der Waals surface area contributed by atoms with E-state index in [1.165, 1.54) is 19.2 Å². The van der Waals surface area contributed by atoms with Crippen LogP contribution in [0.15, 0.2) is 28.7 Å². The van der Waals surface area contributed by atoms with Crippen molar-refractivity contribution in [2.75, 3.05) is 7.11 Å². The van der Waals surface area contributed by atoms with Gasteiger partial charge >= 0.3 is 17.3 Å². The lowest BCUT2D eigenvalue weighted by Gasteiger charge is -2.10. The predicted octanol–water partition coefficient (Wildman–Crippen LogP) is 3.50. The van der Waals surface area contributed by atoms with Crippen molar-refractivity contribution < 1.29 is 19.1 Å². The maximum absolute atomic E-state index is 11.9. The Bertz CT molecular complexity index is 638. The Morgan fingerprint density at radius 2 is 1.95 bits per heavy atom. The van der Waals surface area contributed by atoms with E-state index in [4.69, 9.17) is 9.15 Å². The van der Waals surface area contributed by atoms with Crippen LogP contribution in [0, 0.1) is 0 Å². The summed E-state index contributed by atoms with van der Waals surface area (Å²) in [6.07, 6.45) is 0. The normalized spacial score (nSPS) is 11.6. The minimum absolute atomic E-state index is 0.0955. The van der Waals surface area contributed by atoms with Crippen molar-refractivity contribution in [3.63, 3.8) is 0 Å². The molecular formula is C15H17O4+. The molecule has 19 heavy (non-hydrogen) atoms. The van der Waals surface area contributed by atoms with E-state index in [-0.39, 0.29) is 11.2 Å². The third-order valence-corrected chi connectivity index (χ3v) is 2.90. The molecule has 1 aromatic heterocycles. The Labute approximate surface area is 111 Å². The van der Waals surface area contributed by atoms with Crippen LogP contribution in [0.5, 0.6) is 5.75 Å². The average molecular weight is 261 g/mol. The van der Waals surface area contributed by atoms with Crippen LogP contribution in [-0.4, -0.2) is 18.2 Å². The average Bonchev–Trinajstić information content (AvgIpc) is 2.34. The van der Waals surface area contributed by atoms with Crippen LogP contribution in [0.4, 0.5) is 0 Å². The molecule has 0 saturated carbocycles. The van der Waals surface area contributed by atoms with Crippen LogP contribution >= 0.6 is 0 Å². The van der Waals surface area contributed by atoms with Crippen LogP contribution in [0.3, 0.4) is 0 Å². The zero-order valence-corrected chi connectivity index (χ0v) is 11.5. The first-order valence-electron chi connectivity index (χ1n) is 6.01. The molecule has 100 valence electrons. The standard InChI is InChI=1S/C15H16O4/c1-15(2,3)13-8-11(14(17)18-4)10-6-5-9(16)7-12(10)19-13/h5-8H,1-4H3/p+1. The summed E-state index contributed by atoms with van der Waals surface area (Å²) >= 11 is 0. The largest absolute Gasteiger partial charge is 0.508 e. The molecule has 2 aromatic rings. The monoisotopic (exact) mass is 261 g/mol. The van der Waals surface area contributed by atoms with Gasteiger partial charge < -0.3 is 9.84 Å². The van der Waals surface area contributed by atoms with E-state index < -0.39 is 5.97 Å². The van der Waals surface area contributed by atoms with Crippen molar-refractivity contribution in [3.8, 4) is 5.75 Å².